The minimum atomic E-state index is -0.0543. The van der Waals surface area contributed by atoms with Gasteiger partial charge in [0.25, 0.3) is 0 Å². The number of hydrogen-bond acceptors (Lipinski definition) is 3. The van der Waals surface area contributed by atoms with Crippen molar-refractivity contribution in [2.75, 3.05) is 0 Å². The minimum Gasteiger partial charge on any atom is -0.324 e. The molecule has 94 valence electrons. The lowest BCUT2D eigenvalue weighted by atomic mass is 9.96. The third kappa shape index (κ3) is 2.46. The van der Waals surface area contributed by atoms with E-state index in [1.807, 2.05) is 6.07 Å². The fourth-order valence-corrected chi connectivity index (χ4v) is 2.35. The van der Waals surface area contributed by atoms with Gasteiger partial charge < -0.3 is 5.73 Å². The molecule has 0 fully saturated rings. The molecule has 3 rings (SSSR count). The zero-order valence-electron chi connectivity index (χ0n) is 10.5. The summed E-state index contributed by atoms with van der Waals surface area (Å²) in [4.78, 5) is 0. The summed E-state index contributed by atoms with van der Waals surface area (Å²) in [6, 6.07) is 16.6. The standard InChI is InChI=1S/C16H15N3/c17-16(14-8-9-18-19-11-14)10-13-6-3-5-12-4-1-2-7-15(12)13/h1-9,11,16H,10,17H2. The van der Waals surface area contributed by atoms with E-state index in [1.54, 1.807) is 12.4 Å². The van der Waals surface area contributed by atoms with Crippen LogP contribution in [0.25, 0.3) is 10.8 Å². The van der Waals surface area contributed by atoms with Gasteiger partial charge in [0, 0.05) is 12.2 Å². The number of aromatic nitrogens is 2. The van der Waals surface area contributed by atoms with E-state index in [0.29, 0.717) is 0 Å². The van der Waals surface area contributed by atoms with Crippen molar-refractivity contribution in [1.82, 2.24) is 10.2 Å². The summed E-state index contributed by atoms with van der Waals surface area (Å²) in [5, 5.41) is 10.2. The van der Waals surface area contributed by atoms with Crippen molar-refractivity contribution in [2.45, 2.75) is 12.5 Å². The second kappa shape index (κ2) is 5.16. The van der Waals surface area contributed by atoms with Crippen molar-refractivity contribution in [3.05, 3.63) is 72.1 Å². The second-order valence-corrected chi connectivity index (χ2v) is 4.62. The third-order valence-corrected chi connectivity index (χ3v) is 3.36. The average Bonchev–Trinajstić information content (AvgIpc) is 2.48. The molecule has 0 aliphatic rings. The molecule has 19 heavy (non-hydrogen) atoms. The molecule has 0 saturated carbocycles. The number of hydrogen-bond donors (Lipinski definition) is 1. The van der Waals surface area contributed by atoms with Crippen LogP contribution >= 0.6 is 0 Å². The zero-order valence-corrected chi connectivity index (χ0v) is 10.5. The van der Waals surface area contributed by atoms with E-state index in [-0.39, 0.29) is 6.04 Å². The highest BCUT2D eigenvalue weighted by atomic mass is 15.1. The summed E-state index contributed by atoms with van der Waals surface area (Å²) in [6.07, 6.45) is 4.21. The highest BCUT2D eigenvalue weighted by Gasteiger charge is 2.09. The van der Waals surface area contributed by atoms with Crippen LogP contribution in [0, 0.1) is 0 Å². The number of rotatable bonds is 3. The van der Waals surface area contributed by atoms with Crippen molar-refractivity contribution in [2.24, 2.45) is 5.73 Å². The van der Waals surface area contributed by atoms with Gasteiger partial charge in [0.2, 0.25) is 0 Å². The van der Waals surface area contributed by atoms with Crippen LogP contribution in [0.15, 0.2) is 60.9 Å². The van der Waals surface area contributed by atoms with Crippen LogP contribution in [-0.4, -0.2) is 10.2 Å². The first-order valence-corrected chi connectivity index (χ1v) is 6.33. The molecule has 2 N–H and O–H groups in total. The number of nitrogens with zero attached hydrogens (tertiary/aromatic N) is 2. The van der Waals surface area contributed by atoms with Gasteiger partial charge in [-0.1, -0.05) is 42.5 Å². The Labute approximate surface area is 112 Å². The summed E-state index contributed by atoms with van der Waals surface area (Å²) in [6.45, 7) is 0. The Bertz CT molecular complexity index is 674. The maximum atomic E-state index is 6.25. The first kappa shape index (κ1) is 11.8. The Hall–Kier alpha value is -2.26. The Morgan fingerprint density at radius 3 is 2.63 bits per heavy atom. The molecule has 3 nitrogen and oxygen atoms in total. The molecule has 2 aromatic carbocycles. The molecule has 1 unspecified atom stereocenters. The molecule has 0 aliphatic carbocycles. The second-order valence-electron chi connectivity index (χ2n) is 4.62. The Morgan fingerprint density at radius 1 is 0.947 bits per heavy atom. The molecule has 0 spiro atoms. The highest BCUT2D eigenvalue weighted by molar-refractivity contribution is 5.85. The lowest BCUT2D eigenvalue weighted by Gasteiger charge is -2.13. The van der Waals surface area contributed by atoms with Gasteiger partial charge in [0.15, 0.2) is 0 Å². The van der Waals surface area contributed by atoms with Crippen LogP contribution in [0.1, 0.15) is 17.2 Å². The minimum absolute atomic E-state index is 0.0543. The van der Waals surface area contributed by atoms with Crippen LogP contribution < -0.4 is 5.73 Å². The lowest BCUT2D eigenvalue weighted by Crippen LogP contribution is -2.13. The van der Waals surface area contributed by atoms with Gasteiger partial charge in [-0.3, -0.25) is 0 Å². The lowest BCUT2D eigenvalue weighted by molar-refractivity contribution is 0.716. The first-order chi connectivity index (χ1) is 9.34. The van der Waals surface area contributed by atoms with Gasteiger partial charge in [0.1, 0.15) is 0 Å². The van der Waals surface area contributed by atoms with Crippen LogP contribution in [0.3, 0.4) is 0 Å². The molecule has 0 saturated heterocycles. The van der Waals surface area contributed by atoms with Crippen LogP contribution in [0.4, 0.5) is 0 Å². The predicted molar refractivity (Wildman–Crippen MR) is 76.6 cm³/mol. The van der Waals surface area contributed by atoms with Crippen LogP contribution in [-0.2, 0) is 6.42 Å². The van der Waals surface area contributed by atoms with Crippen molar-refractivity contribution in [3.63, 3.8) is 0 Å². The van der Waals surface area contributed by atoms with Gasteiger partial charge in [-0.2, -0.15) is 10.2 Å². The predicted octanol–water partition coefficient (Wildman–Crippen LogP) is 2.87. The average molecular weight is 249 g/mol. The summed E-state index contributed by atoms with van der Waals surface area (Å²) in [5.41, 5.74) is 8.53. The molecule has 1 heterocycles. The molecule has 0 amide bonds. The van der Waals surface area contributed by atoms with Gasteiger partial charge >= 0.3 is 0 Å². The van der Waals surface area contributed by atoms with E-state index in [2.05, 4.69) is 52.7 Å². The number of fused-ring (bicyclic) bond motifs is 1. The molecule has 1 aromatic heterocycles. The van der Waals surface area contributed by atoms with E-state index in [1.165, 1.54) is 16.3 Å². The van der Waals surface area contributed by atoms with Gasteiger partial charge in [0.05, 0.1) is 6.20 Å². The highest BCUT2D eigenvalue weighted by Crippen LogP contribution is 2.22. The monoisotopic (exact) mass is 249 g/mol. The molecule has 0 aliphatic heterocycles. The van der Waals surface area contributed by atoms with Crippen molar-refractivity contribution in [1.29, 1.82) is 0 Å². The maximum Gasteiger partial charge on any atom is 0.0544 e. The fraction of sp³-hybridized carbons (Fsp3) is 0.125. The van der Waals surface area contributed by atoms with Crippen LogP contribution in [0.2, 0.25) is 0 Å². The van der Waals surface area contributed by atoms with E-state index >= 15 is 0 Å². The molecular weight excluding hydrogens is 234 g/mol. The number of nitrogens with two attached hydrogens (primary N) is 1. The molecular formula is C16H15N3. The van der Waals surface area contributed by atoms with Gasteiger partial charge in [-0.05, 0) is 34.4 Å². The normalized spacial score (nSPS) is 12.5. The van der Waals surface area contributed by atoms with E-state index < -0.39 is 0 Å². The summed E-state index contributed by atoms with van der Waals surface area (Å²) >= 11 is 0. The number of benzene rings is 2. The van der Waals surface area contributed by atoms with Crippen molar-refractivity contribution < 1.29 is 0 Å². The third-order valence-electron chi connectivity index (χ3n) is 3.36. The topological polar surface area (TPSA) is 51.8 Å². The van der Waals surface area contributed by atoms with Gasteiger partial charge in [-0.25, -0.2) is 0 Å². The first-order valence-electron chi connectivity index (χ1n) is 6.33. The van der Waals surface area contributed by atoms with Crippen molar-refractivity contribution in [3.8, 4) is 0 Å². The van der Waals surface area contributed by atoms with Crippen molar-refractivity contribution >= 4 is 10.8 Å². The molecule has 0 bridgehead atoms. The molecule has 3 heteroatoms. The van der Waals surface area contributed by atoms with E-state index in [9.17, 15) is 0 Å². The molecule has 0 radical (unpaired) electrons. The van der Waals surface area contributed by atoms with E-state index in [4.69, 9.17) is 5.73 Å². The molecule has 3 aromatic rings. The Morgan fingerprint density at radius 2 is 1.79 bits per heavy atom. The Balaban J connectivity index is 1.94. The van der Waals surface area contributed by atoms with E-state index in [0.717, 1.165) is 12.0 Å². The van der Waals surface area contributed by atoms with Gasteiger partial charge in [-0.15, -0.1) is 0 Å². The zero-order chi connectivity index (χ0) is 13.1. The molecule has 1 atom stereocenters. The maximum absolute atomic E-state index is 6.25. The smallest absolute Gasteiger partial charge is 0.0544 e. The summed E-state index contributed by atoms with van der Waals surface area (Å²) < 4.78 is 0. The van der Waals surface area contributed by atoms with Crippen LogP contribution in [0.5, 0.6) is 0 Å². The summed E-state index contributed by atoms with van der Waals surface area (Å²) in [7, 11) is 0. The SMILES string of the molecule is NC(Cc1cccc2ccccc12)c1ccnnc1. The Kier molecular flexibility index (Phi) is 3.21. The fourth-order valence-electron chi connectivity index (χ4n) is 2.35. The largest absolute Gasteiger partial charge is 0.324 e. The quantitative estimate of drug-likeness (QED) is 0.776. The summed E-state index contributed by atoms with van der Waals surface area (Å²) in [5.74, 6) is 0.